The molecule has 54 heavy (non-hydrogen) atoms. The first-order valence-electron chi connectivity index (χ1n) is 16.5. The summed E-state index contributed by atoms with van der Waals surface area (Å²) in [6, 6.07) is 2.85. The summed E-state index contributed by atoms with van der Waals surface area (Å²) < 4.78 is 134. The summed E-state index contributed by atoms with van der Waals surface area (Å²) in [4.78, 5) is 37.4. The molecule has 1 aromatic carbocycles. The van der Waals surface area contributed by atoms with Crippen LogP contribution in [0.5, 0.6) is 5.75 Å². The lowest BCUT2D eigenvalue weighted by Crippen LogP contribution is -2.46. The second-order valence-corrected chi connectivity index (χ2v) is 12.1. The number of ether oxygens (including phenoxy) is 2. The summed E-state index contributed by atoms with van der Waals surface area (Å²) in [6.07, 6.45) is -14.9. The van der Waals surface area contributed by atoms with E-state index < -0.39 is 71.5 Å². The first-order chi connectivity index (χ1) is 25.3. The normalized spacial score (nSPS) is 16.0. The van der Waals surface area contributed by atoms with Gasteiger partial charge in [0.05, 0.1) is 59.7 Å². The molecule has 3 heterocycles. The van der Waals surface area contributed by atoms with Gasteiger partial charge in [0.25, 0.3) is 0 Å². The van der Waals surface area contributed by atoms with Gasteiger partial charge < -0.3 is 19.9 Å². The number of hydrogen-bond acceptors (Lipinski definition) is 9. The largest absolute Gasteiger partial charge is 0.490 e. The highest BCUT2D eigenvalue weighted by Crippen LogP contribution is 2.42. The zero-order valence-corrected chi connectivity index (χ0v) is 28.4. The van der Waals surface area contributed by atoms with E-state index in [-0.39, 0.29) is 93.0 Å². The van der Waals surface area contributed by atoms with E-state index in [4.69, 9.17) is 19.8 Å². The maximum absolute atomic E-state index is 13.8. The Morgan fingerprint density at radius 1 is 0.963 bits per heavy atom. The summed E-state index contributed by atoms with van der Waals surface area (Å²) in [5.41, 5.74) is -5.33. The Kier molecular flexibility index (Phi) is 13.2. The average molecular weight is 777 g/mol. The van der Waals surface area contributed by atoms with Gasteiger partial charge in [-0.25, -0.2) is 19.7 Å². The molecule has 0 bridgehead atoms. The molecule has 0 unspecified atom stereocenters. The zero-order chi connectivity index (χ0) is 39.8. The van der Waals surface area contributed by atoms with Crippen LogP contribution in [0.2, 0.25) is 0 Å². The number of carbonyl (C=O) groups excluding carboxylic acids is 1. The number of alkyl halides is 9. The number of aromatic nitrogens is 3. The SMILES string of the molecule is CC[C@@H]1C[C@H](Nc2ncc(OCCCC#N)c(Cc3cc(C(F)(F)F)cc(C(F)(F)F)c3)n2)c2nc(C(F)(F)F)ccc2N1C(=O)OCCCCC(=O)O. The Morgan fingerprint density at radius 3 is 2.24 bits per heavy atom. The Bertz CT molecular complexity index is 1810. The molecule has 292 valence electrons. The smallest absolute Gasteiger partial charge is 0.433 e. The fraction of sp³-hybridized carbons (Fsp3) is 0.471. The molecular formula is C34H33F9N6O5. The number of anilines is 2. The molecule has 11 nitrogen and oxygen atoms in total. The Hall–Kier alpha value is -5.35. The number of carboxylic acid groups (broad SMARTS) is 1. The molecule has 2 aromatic heterocycles. The van der Waals surface area contributed by atoms with Gasteiger partial charge in [0, 0.05) is 25.3 Å². The van der Waals surface area contributed by atoms with Crippen LogP contribution in [0.25, 0.3) is 0 Å². The summed E-state index contributed by atoms with van der Waals surface area (Å²) in [7, 11) is 0. The van der Waals surface area contributed by atoms with Gasteiger partial charge in [-0.3, -0.25) is 9.69 Å². The van der Waals surface area contributed by atoms with Gasteiger partial charge in [-0.05, 0) is 68.0 Å². The molecule has 0 saturated carbocycles. The molecule has 0 saturated heterocycles. The Labute approximate surface area is 302 Å². The topological polar surface area (TPSA) is 151 Å². The predicted molar refractivity (Wildman–Crippen MR) is 171 cm³/mol. The predicted octanol–water partition coefficient (Wildman–Crippen LogP) is 8.73. The van der Waals surface area contributed by atoms with Gasteiger partial charge in [0.2, 0.25) is 5.95 Å². The first-order valence-corrected chi connectivity index (χ1v) is 16.5. The maximum atomic E-state index is 13.8. The molecule has 3 aromatic rings. The summed E-state index contributed by atoms with van der Waals surface area (Å²) in [5.74, 6) is -1.46. The molecule has 0 radical (unpaired) electrons. The number of carbonyl (C=O) groups is 2. The monoisotopic (exact) mass is 776 g/mol. The number of rotatable bonds is 14. The van der Waals surface area contributed by atoms with Crippen LogP contribution in [-0.2, 0) is 34.5 Å². The van der Waals surface area contributed by atoms with Crippen LogP contribution in [0, 0.1) is 11.3 Å². The van der Waals surface area contributed by atoms with Crippen LogP contribution in [0.3, 0.4) is 0 Å². The fourth-order valence-corrected chi connectivity index (χ4v) is 5.63. The molecule has 1 aliphatic heterocycles. The standard InChI is InChI=1S/C34H33F9N6O5/c1-2-22-17-24(29-25(8-9-27(48-29)34(41,42)43)49(22)31(52)54-12-5-3-7-28(50)51)47-30-45-18-26(53-11-6-4-10-44)23(46-30)15-19-13-20(32(35,36)37)16-21(14-19)33(38,39)40/h8-9,13-14,16,18,22,24H,2-7,11-12,15,17H2,1H3,(H,50,51)(H,45,46,47)/t22-,24+/m1/s1. The lowest BCUT2D eigenvalue weighted by molar-refractivity contribution is -0.143. The molecule has 2 atom stereocenters. The lowest BCUT2D eigenvalue weighted by Gasteiger charge is -2.39. The third-order valence-corrected chi connectivity index (χ3v) is 8.18. The highest BCUT2D eigenvalue weighted by molar-refractivity contribution is 5.90. The van der Waals surface area contributed by atoms with Crippen LogP contribution in [0.15, 0.2) is 36.5 Å². The number of aliphatic carboxylic acids is 1. The van der Waals surface area contributed by atoms with E-state index in [1.165, 1.54) is 0 Å². The Balaban J connectivity index is 1.73. The number of nitrogens with zero attached hydrogens (tertiary/aromatic N) is 5. The van der Waals surface area contributed by atoms with Crippen molar-refractivity contribution in [1.82, 2.24) is 15.0 Å². The summed E-state index contributed by atoms with van der Waals surface area (Å²) >= 11 is 0. The van der Waals surface area contributed by atoms with Gasteiger partial charge in [-0.15, -0.1) is 0 Å². The van der Waals surface area contributed by atoms with E-state index in [9.17, 15) is 49.1 Å². The fourth-order valence-electron chi connectivity index (χ4n) is 5.63. The number of hydrogen-bond donors (Lipinski definition) is 2. The first kappa shape index (κ1) is 41.4. The van der Waals surface area contributed by atoms with Crippen LogP contribution in [0.1, 0.15) is 91.7 Å². The van der Waals surface area contributed by atoms with Gasteiger partial charge in [0.1, 0.15) is 5.69 Å². The zero-order valence-electron chi connectivity index (χ0n) is 28.4. The number of nitriles is 1. The Morgan fingerprint density at radius 2 is 1.65 bits per heavy atom. The molecule has 0 fully saturated rings. The number of pyridine rings is 1. The number of fused-ring (bicyclic) bond motifs is 1. The molecule has 4 rings (SSSR count). The van der Waals surface area contributed by atoms with Crippen LogP contribution in [0.4, 0.5) is 55.9 Å². The number of carboxylic acids is 1. The van der Waals surface area contributed by atoms with Gasteiger partial charge in [-0.2, -0.15) is 44.8 Å². The van der Waals surface area contributed by atoms with Crippen molar-refractivity contribution in [2.24, 2.45) is 0 Å². The van der Waals surface area contributed by atoms with Crippen LogP contribution < -0.4 is 15.0 Å². The van der Waals surface area contributed by atoms with Crippen molar-refractivity contribution < 1.29 is 63.7 Å². The van der Waals surface area contributed by atoms with Crippen molar-refractivity contribution in [3.63, 3.8) is 0 Å². The molecule has 0 aliphatic carbocycles. The van der Waals surface area contributed by atoms with Crippen molar-refractivity contribution in [2.45, 2.75) is 88.9 Å². The van der Waals surface area contributed by atoms with Crippen molar-refractivity contribution in [2.75, 3.05) is 23.4 Å². The quantitative estimate of drug-likeness (QED) is 0.120. The number of benzene rings is 1. The second kappa shape index (κ2) is 17.2. The van der Waals surface area contributed by atoms with Gasteiger partial charge in [0.15, 0.2) is 5.75 Å². The molecular weight excluding hydrogens is 743 g/mol. The van der Waals surface area contributed by atoms with Crippen molar-refractivity contribution in [3.05, 3.63) is 70.3 Å². The number of halogens is 9. The van der Waals surface area contributed by atoms with Crippen molar-refractivity contribution in [3.8, 4) is 11.8 Å². The highest BCUT2D eigenvalue weighted by Gasteiger charge is 2.41. The van der Waals surface area contributed by atoms with E-state index in [1.54, 1.807) is 6.92 Å². The number of nitrogens with one attached hydrogen (secondary N) is 1. The third-order valence-electron chi connectivity index (χ3n) is 8.18. The summed E-state index contributed by atoms with van der Waals surface area (Å²) in [5, 5.41) is 20.5. The van der Waals surface area contributed by atoms with Gasteiger partial charge >= 0.3 is 30.6 Å². The van der Waals surface area contributed by atoms with Crippen LogP contribution >= 0.6 is 0 Å². The number of unbranched alkanes of at least 4 members (excludes halogenated alkanes) is 2. The average Bonchev–Trinajstić information content (AvgIpc) is 3.08. The minimum Gasteiger partial charge on any atom is -0.490 e. The second-order valence-electron chi connectivity index (χ2n) is 12.1. The van der Waals surface area contributed by atoms with Crippen LogP contribution in [-0.4, -0.2) is 51.4 Å². The third kappa shape index (κ3) is 10.9. The van der Waals surface area contributed by atoms with E-state index in [0.29, 0.717) is 18.2 Å². The molecule has 2 N–H and O–H groups in total. The lowest BCUT2D eigenvalue weighted by atomic mass is 9.93. The molecule has 20 heteroatoms. The van der Waals surface area contributed by atoms with E-state index >= 15 is 0 Å². The van der Waals surface area contributed by atoms with E-state index in [0.717, 1.165) is 17.2 Å². The van der Waals surface area contributed by atoms with Crippen molar-refractivity contribution in [1.29, 1.82) is 5.26 Å². The highest BCUT2D eigenvalue weighted by atomic mass is 19.4. The minimum atomic E-state index is -5.13. The number of amides is 1. The molecule has 1 aliphatic rings. The van der Waals surface area contributed by atoms with Gasteiger partial charge in [-0.1, -0.05) is 6.92 Å². The molecule has 0 spiro atoms. The van der Waals surface area contributed by atoms with E-state index in [1.807, 2.05) is 6.07 Å². The van der Waals surface area contributed by atoms with Crippen molar-refractivity contribution >= 4 is 23.7 Å². The van der Waals surface area contributed by atoms with E-state index in [2.05, 4.69) is 20.3 Å². The summed E-state index contributed by atoms with van der Waals surface area (Å²) in [6.45, 7) is 1.45. The maximum Gasteiger partial charge on any atom is 0.433 e. The minimum absolute atomic E-state index is 0.0266. The molecule has 1 amide bonds.